The number of carbonyl (C=O) groups excluding carboxylic acids is 1. The topological polar surface area (TPSA) is 41.4 Å². The van der Waals surface area contributed by atoms with Gasteiger partial charge in [-0.1, -0.05) is 60.7 Å². The molecule has 1 amide bonds. The van der Waals surface area contributed by atoms with Gasteiger partial charge in [-0.05, 0) is 11.5 Å². The molecule has 2 aliphatic heterocycles. The van der Waals surface area contributed by atoms with Crippen LogP contribution in [-0.4, -0.2) is 45.1 Å². The maximum absolute atomic E-state index is 12.3. The summed E-state index contributed by atoms with van der Waals surface area (Å²) in [6.45, 7) is 5.50. The number of hydrogen-bond donors (Lipinski definition) is 0. The van der Waals surface area contributed by atoms with Gasteiger partial charge in [0.1, 0.15) is 0 Å². The van der Waals surface area contributed by atoms with Crippen molar-refractivity contribution in [1.82, 2.24) is 19.6 Å². The fraction of sp³-hybridized carbons (Fsp3) is 0.360. The average Bonchev–Trinajstić information content (AvgIpc) is 3.41. The van der Waals surface area contributed by atoms with Crippen LogP contribution in [0.3, 0.4) is 0 Å². The van der Waals surface area contributed by atoms with Crippen molar-refractivity contribution in [1.29, 1.82) is 0 Å². The van der Waals surface area contributed by atoms with E-state index in [0.717, 1.165) is 37.4 Å². The summed E-state index contributed by atoms with van der Waals surface area (Å²) in [4.78, 5) is 17.0. The van der Waals surface area contributed by atoms with Crippen molar-refractivity contribution in [3.05, 3.63) is 78.0 Å². The van der Waals surface area contributed by atoms with Gasteiger partial charge in [0.15, 0.2) is 0 Å². The van der Waals surface area contributed by atoms with Crippen molar-refractivity contribution in [2.75, 3.05) is 19.6 Å². The fourth-order valence-corrected chi connectivity index (χ4v) is 5.40. The highest BCUT2D eigenvalue weighted by atomic mass is 16.2. The van der Waals surface area contributed by atoms with E-state index in [9.17, 15) is 4.79 Å². The van der Waals surface area contributed by atoms with Crippen LogP contribution in [0.25, 0.3) is 11.3 Å². The number of aryl methyl sites for hydroxylation is 1. The first-order chi connectivity index (χ1) is 14.6. The second-order valence-corrected chi connectivity index (χ2v) is 8.69. The molecule has 3 atom stereocenters. The smallest absolute Gasteiger partial charge is 0.219 e. The molecule has 5 rings (SSSR count). The van der Waals surface area contributed by atoms with Crippen LogP contribution in [-0.2, 0) is 18.4 Å². The van der Waals surface area contributed by atoms with Gasteiger partial charge in [0.25, 0.3) is 0 Å². The Morgan fingerprint density at radius 3 is 2.40 bits per heavy atom. The predicted molar refractivity (Wildman–Crippen MR) is 117 cm³/mol. The van der Waals surface area contributed by atoms with Crippen LogP contribution in [0.4, 0.5) is 0 Å². The number of hydrogen-bond acceptors (Lipinski definition) is 3. The lowest BCUT2D eigenvalue weighted by Gasteiger charge is -2.29. The first-order valence-corrected chi connectivity index (χ1v) is 10.7. The standard InChI is InChI=1S/C25H28N4O/c1-18(30)29-16-21-14-28(17-23(21)25(29)20-11-7-4-8-12-20)15-22-13-27(2)26-24(22)19-9-5-3-6-10-19/h3-13,21,23,25H,14-17H2,1-2H3/t21-,23-,25-/m1/s1. The van der Waals surface area contributed by atoms with Gasteiger partial charge in [-0.2, -0.15) is 5.10 Å². The number of aromatic nitrogens is 2. The minimum Gasteiger partial charge on any atom is -0.335 e. The predicted octanol–water partition coefficient (Wildman–Crippen LogP) is 3.74. The molecule has 30 heavy (non-hydrogen) atoms. The van der Waals surface area contributed by atoms with Gasteiger partial charge in [-0.3, -0.25) is 14.4 Å². The van der Waals surface area contributed by atoms with E-state index in [1.54, 1.807) is 6.92 Å². The summed E-state index contributed by atoms with van der Waals surface area (Å²) in [6.07, 6.45) is 2.15. The van der Waals surface area contributed by atoms with Crippen molar-refractivity contribution in [2.45, 2.75) is 19.5 Å². The minimum atomic E-state index is 0.182. The van der Waals surface area contributed by atoms with Crippen molar-refractivity contribution in [3.8, 4) is 11.3 Å². The van der Waals surface area contributed by atoms with Crippen LogP contribution in [0.2, 0.25) is 0 Å². The first kappa shape index (κ1) is 19.1. The molecular formula is C25H28N4O. The molecule has 5 nitrogen and oxygen atoms in total. The van der Waals surface area contributed by atoms with Gasteiger partial charge in [-0.15, -0.1) is 0 Å². The van der Waals surface area contributed by atoms with E-state index in [0.29, 0.717) is 11.8 Å². The molecule has 3 heterocycles. The Balaban J connectivity index is 1.38. The second kappa shape index (κ2) is 7.73. The van der Waals surface area contributed by atoms with Gasteiger partial charge in [-0.25, -0.2) is 0 Å². The Kier molecular flexibility index (Phi) is 4.91. The highest BCUT2D eigenvalue weighted by molar-refractivity contribution is 5.74. The van der Waals surface area contributed by atoms with Gasteiger partial charge in [0.05, 0.1) is 11.7 Å². The third-order valence-corrected chi connectivity index (χ3v) is 6.63. The molecule has 0 bridgehead atoms. The van der Waals surface area contributed by atoms with Crippen molar-refractivity contribution in [2.24, 2.45) is 18.9 Å². The largest absolute Gasteiger partial charge is 0.335 e. The molecule has 2 saturated heterocycles. The summed E-state index contributed by atoms with van der Waals surface area (Å²) >= 11 is 0. The molecule has 5 heteroatoms. The van der Waals surface area contributed by atoms with Crippen molar-refractivity contribution >= 4 is 5.91 Å². The lowest BCUT2D eigenvalue weighted by molar-refractivity contribution is -0.130. The average molecular weight is 401 g/mol. The van der Waals surface area contributed by atoms with Crippen LogP contribution >= 0.6 is 0 Å². The van der Waals surface area contributed by atoms with E-state index in [1.807, 2.05) is 23.9 Å². The number of carbonyl (C=O) groups is 1. The lowest BCUT2D eigenvalue weighted by Crippen LogP contribution is -2.34. The SMILES string of the molecule is CC(=O)N1C[C@H]2CN(Cc3cn(C)nc3-c3ccccc3)C[C@H]2[C@H]1c1ccccc1. The molecular weight excluding hydrogens is 372 g/mol. The van der Waals surface area contributed by atoms with E-state index in [1.165, 1.54) is 11.1 Å². The van der Waals surface area contributed by atoms with Crippen LogP contribution in [0.15, 0.2) is 66.9 Å². The van der Waals surface area contributed by atoms with E-state index in [-0.39, 0.29) is 11.9 Å². The van der Waals surface area contributed by atoms with E-state index >= 15 is 0 Å². The second-order valence-electron chi connectivity index (χ2n) is 8.69. The normalized spacial score (nSPS) is 23.7. The summed E-state index contributed by atoms with van der Waals surface area (Å²) in [6, 6.07) is 21.1. The molecule has 0 N–H and O–H groups in total. The van der Waals surface area contributed by atoms with E-state index in [2.05, 4.69) is 64.5 Å². The maximum Gasteiger partial charge on any atom is 0.219 e. The first-order valence-electron chi connectivity index (χ1n) is 10.7. The Labute approximate surface area is 177 Å². The summed E-state index contributed by atoms with van der Waals surface area (Å²) in [7, 11) is 1.99. The number of amides is 1. The number of likely N-dealkylation sites (tertiary alicyclic amines) is 2. The summed E-state index contributed by atoms with van der Waals surface area (Å²) in [5.41, 5.74) is 4.76. The van der Waals surface area contributed by atoms with Gasteiger partial charge < -0.3 is 4.90 Å². The Bertz CT molecular complexity index is 1030. The Morgan fingerprint density at radius 1 is 1.00 bits per heavy atom. The monoisotopic (exact) mass is 400 g/mol. The van der Waals surface area contributed by atoms with Crippen molar-refractivity contribution in [3.63, 3.8) is 0 Å². The minimum absolute atomic E-state index is 0.182. The third-order valence-electron chi connectivity index (χ3n) is 6.63. The highest BCUT2D eigenvalue weighted by Crippen LogP contribution is 2.45. The molecule has 0 radical (unpaired) electrons. The van der Waals surface area contributed by atoms with Gasteiger partial charge in [0, 0.05) is 63.4 Å². The molecule has 2 fully saturated rings. The van der Waals surface area contributed by atoms with Crippen LogP contribution in [0.5, 0.6) is 0 Å². The van der Waals surface area contributed by atoms with Gasteiger partial charge >= 0.3 is 0 Å². The Morgan fingerprint density at radius 2 is 1.70 bits per heavy atom. The van der Waals surface area contributed by atoms with Crippen LogP contribution in [0.1, 0.15) is 24.1 Å². The quantitative estimate of drug-likeness (QED) is 0.670. The molecule has 0 saturated carbocycles. The van der Waals surface area contributed by atoms with Crippen molar-refractivity contribution < 1.29 is 4.79 Å². The molecule has 2 aromatic carbocycles. The molecule has 0 spiro atoms. The molecule has 154 valence electrons. The number of rotatable bonds is 4. The maximum atomic E-state index is 12.3. The number of fused-ring (bicyclic) bond motifs is 1. The highest BCUT2D eigenvalue weighted by Gasteiger charge is 2.48. The van der Waals surface area contributed by atoms with Crippen LogP contribution < -0.4 is 0 Å². The summed E-state index contributed by atoms with van der Waals surface area (Å²) in [5, 5.41) is 4.73. The zero-order valence-corrected chi connectivity index (χ0v) is 17.6. The Hall–Kier alpha value is -2.92. The molecule has 3 aromatic rings. The molecule has 2 aliphatic rings. The lowest BCUT2D eigenvalue weighted by atomic mass is 9.89. The summed E-state index contributed by atoms with van der Waals surface area (Å²) < 4.78 is 1.92. The molecule has 1 aromatic heterocycles. The molecule has 0 unspecified atom stereocenters. The summed E-state index contributed by atoms with van der Waals surface area (Å²) in [5.74, 6) is 1.19. The fourth-order valence-electron chi connectivity index (χ4n) is 5.40. The number of benzene rings is 2. The van der Waals surface area contributed by atoms with Crippen LogP contribution in [0, 0.1) is 11.8 Å². The zero-order chi connectivity index (χ0) is 20.7. The zero-order valence-electron chi connectivity index (χ0n) is 17.6. The number of nitrogens with zero attached hydrogens (tertiary/aromatic N) is 4. The van der Waals surface area contributed by atoms with E-state index in [4.69, 9.17) is 5.10 Å². The molecule has 0 aliphatic carbocycles. The third kappa shape index (κ3) is 3.43. The van der Waals surface area contributed by atoms with E-state index < -0.39 is 0 Å². The van der Waals surface area contributed by atoms with Gasteiger partial charge in [0.2, 0.25) is 5.91 Å².